The molecule has 0 aromatic heterocycles. The van der Waals surface area contributed by atoms with E-state index in [-0.39, 0.29) is 12.5 Å². The van der Waals surface area contributed by atoms with Crippen LogP contribution >= 0.6 is 0 Å². The summed E-state index contributed by atoms with van der Waals surface area (Å²) in [5, 5.41) is 30.9. The van der Waals surface area contributed by atoms with Crippen molar-refractivity contribution in [3.05, 3.63) is 0 Å². The third-order valence-corrected chi connectivity index (χ3v) is 3.41. The summed E-state index contributed by atoms with van der Waals surface area (Å²) in [6.07, 6.45) is 0.382. The van der Waals surface area contributed by atoms with E-state index in [0.29, 0.717) is 19.3 Å². The van der Waals surface area contributed by atoms with Crippen molar-refractivity contribution < 1.29 is 20.1 Å². The van der Waals surface area contributed by atoms with Gasteiger partial charge in [-0.25, -0.2) is 4.79 Å². The van der Waals surface area contributed by atoms with Gasteiger partial charge in [-0.15, -0.1) is 0 Å². The average Bonchev–Trinajstić information content (AvgIpc) is 2.23. The molecule has 0 aliphatic heterocycles. The second-order valence-corrected chi connectivity index (χ2v) is 5.21. The maximum absolute atomic E-state index is 10.6. The van der Waals surface area contributed by atoms with Crippen LogP contribution in [0.5, 0.6) is 0 Å². The molecule has 1 atom stereocenters. The highest BCUT2D eigenvalue weighted by Gasteiger charge is 2.37. The number of nitrogens with one attached hydrogen (secondary N) is 1. The van der Waals surface area contributed by atoms with Gasteiger partial charge in [0.05, 0.1) is 5.60 Å². The number of aliphatic hydroxyl groups excluding tert-OH is 1. The Labute approximate surface area is 103 Å². The fourth-order valence-corrected chi connectivity index (χ4v) is 2.21. The smallest absolute Gasteiger partial charge is 0.405 e. The van der Waals surface area contributed by atoms with Crippen molar-refractivity contribution in [1.29, 1.82) is 0 Å². The van der Waals surface area contributed by atoms with E-state index in [1.54, 1.807) is 13.8 Å². The normalized spacial score (nSPS) is 14.5. The SMILES string of the molecule is CCC(O)(CC)[C@@H](CO)CC(C)(C)NC(=O)O. The minimum absolute atomic E-state index is 0.150. The maximum Gasteiger partial charge on any atom is 0.405 e. The molecule has 0 rings (SSSR count). The van der Waals surface area contributed by atoms with Crippen molar-refractivity contribution in [3.63, 3.8) is 0 Å². The Morgan fingerprint density at radius 3 is 2.06 bits per heavy atom. The highest BCUT2D eigenvalue weighted by atomic mass is 16.4. The minimum Gasteiger partial charge on any atom is -0.465 e. The Morgan fingerprint density at radius 1 is 1.29 bits per heavy atom. The van der Waals surface area contributed by atoms with Crippen LogP contribution in [0.1, 0.15) is 47.0 Å². The van der Waals surface area contributed by atoms with Gasteiger partial charge in [0, 0.05) is 18.1 Å². The molecule has 5 heteroatoms. The molecule has 0 aliphatic carbocycles. The fraction of sp³-hybridized carbons (Fsp3) is 0.917. The van der Waals surface area contributed by atoms with E-state index in [4.69, 9.17) is 5.11 Å². The van der Waals surface area contributed by atoms with Gasteiger partial charge >= 0.3 is 6.09 Å². The molecule has 0 saturated heterocycles. The maximum atomic E-state index is 10.6. The van der Waals surface area contributed by atoms with Crippen LogP contribution in [0.3, 0.4) is 0 Å². The van der Waals surface area contributed by atoms with Crippen LogP contribution in [-0.4, -0.2) is 39.2 Å². The van der Waals surface area contributed by atoms with Gasteiger partial charge in [-0.2, -0.15) is 0 Å². The number of carbonyl (C=O) groups is 1. The lowest BCUT2D eigenvalue weighted by molar-refractivity contribution is -0.0568. The van der Waals surface area contributed by atoms with Crippen LogP contribution in [0.15, 0.2) is 0 Å². The van der Waals surface area contributed by atoms with Crippen molar-refractivity contribution >= 4 is 6.09 Å². The molecule has 0 aromatic carbocycles. The first-order chi connectivity index (χ1) is 7.70. The molecule has 0 aromatic rings. The second-order valence-electron chi connectivity index (χ2n) is 5.21. The summed E-state index contributed by atoms with van der Waals surface area (Å²) in [4.78, 5) is 10.6. The first-order valence-electron chi connectivity index (χ1n) is 6.05. The number of amides is 1. The Kier molecular flexibility index (Phi) is 5.92. The van der Waals surface area contributed by atoms with Crippen LogP contribution in [-0.2, 0) is 0 Å². The quantitative estimate of drug-likeness (QED) is 0.550. The van der Waals surface area contributed by atoms with Gasteiger partial charge in [0.1, 0.15) is 0 Å². The van der Waals surface area contributed by atoms with E-state index >= 15 is 0 Å². The van der Waals surface area contributed by atoms with Crippen molar-refractivity contribution in [2.75, 3.05) is 6.61 Å². The van der Waals surface area contributed by atoms with Crippen LogP contribution in [0.4, 0.5) is 4.79 Å². The first kappa shape index (κ1) is 16.2. The Bertz CT molecular complexity index is 249. The topological polar surface area (TPSA) is 89.8 Å². The van der Waals surface area contributed by atoms with Gasteiger partial charge in [-0.05, 0) is 33.1 Å². The molecule has 0 aliphatic rings. The zero-order valence-electron chi connectivity index (χ0n) is 11.2. The van der Waals surface area contributed by atoms with Crippen LogP contribution < -0.4 is 5.32 Å². The molecule has 5 nitrogen and oxygen atoms in total. The van der Waals surface area contributed by atoms with Gasteiger partial charge < -0.3 is 20.6 Å². The third kappa shape index (κ3) is 4.91. The third-order valence-electron chi connectivity index (χ3n) is 3.41. The summed E-state index contributed by atoms with van der Waals surface area (Å²) >= 11 is 0. The van der Waals surface area contributed by atoms with Gasteiger partial charge in [0.2, 0.25) is 0 Å². The lowest BCUT2D eigenvalue weighted by atomic mass is 9.76. The van der Waals surface area contributed by atoms with Crippen molar-refractivity contribution in [2.45, 2.75) is 58.1 Å². The monoisotopic (exact) mass is 247 g/mol. The predicted octanol–water partition coefficient (Wildman–Crippen LogP) is 1.58. The summed E-state index contributed by atoms with van der Waals surface area (Å²) in [6.45, 7) is 7.07. The summed E-state index contributed by atoms with van der Waals surface area (Å²) < 4.78 is 0. The van der Waals surface area contributed by atoms with E-state index in [1.807, 2.05) is 13.8 Å². The largest absolute Gasteiger partial charge is 0.465 e. The lowest BCUT2D eigenvalue weighted by Gasteiger charge is -2.38. The molecule has 0 spiro atoms. The molecule has 0 fully saturated rings. The number of carboxylic acid groups (broad SMARTS) is 1. The van der Waals surface area contributed by atoms with Crippen molar-refractivity contribution in [3.8, 4) is 0 Å². The molecule has 0 saturated carbocycles. The van der Waals surface area contributed by atoms with E-state index in [1.165, 1.54) is 0 Å². The summed E-state index contributed by atoms with van der Waals surface area (Å²) in [5.74, 6) is -0.334. The van der Waals surface area contributed by atoms with E-state index in [9.17, 15) is 15.0 Å². The molecule has 0 radical (unpaired) electrons. The van der Waals surface area contributed by atoms with Crippen molar-refractivity contribution in [1.82, 2.24) is 5.32 Å². The minimum atomic E-state index is -1.09. The van der Waals surface area contributed by atoms with Crippen LogP contribution in [0.25, 0.3) is 0 Å². The zero-order chi connectivity index (χ0) is 13.7. The zero-order valence-corrected chi connectivity index (χ0v) is 11.2. The van der Waals surface area contributed by atoms with E-state index in [2.05, 4.69) is 5.32 Å². The highest BCUT2D eigenvalue weighted by Crippen LogP contribution is 2.31. The van der Waals surface area contributed by atoms with Gasteiger partial charge in [-0.1, -0.05) is 13.8 Å². The Hall–Kier alpha value is -0.810. The molecule has 4 N–H and O–H groups in total. The number of hydrogen-bond acceptors (Lipinski definition) is 3. The van der Waals surface area contributed by atoms with Crippen LogP contribution in [0.2, 0.25) is 0 Å². The molecule has 0 heterocycles. The summed E-state index contributed by atoms with van der Waals surface area (Å²) in [7, 11) is 0. The molecule has 0 unspecified atom stereocenters. The average molecular weight is 247 g/mol. The lowest BCUT2D eigenvalue weighted by Crippen LogP contribution is -2.49. The first-order valence-corrected chi connectivity index (χ1v) is 6.05. The van der Waals surface area contributed by atoms with Crippen LogP contribution in [0, 0.1) is 5.92 Å². The number of hydrogen-bond donors (Lipinski definition) is 4. The highest BCUT2D eigenvalue weighted by molar-refractivity contribution is 5.65. The summed E-state index contributed by atoms with van der Waals surface area (Å²) in [6, 6.07) is 0. The molecular formula is C12H25NO4. The second kappa shape index (κ2) is 6.21. The van der Waals surface area contributed by atoms with E-state index in [0.717, 1.165) is 0 Å². The van der Waals surface area contributed by atoms with Gasteiger partial charge in [0.25, 0.3) is 0 Å². The van der Waals surface area contributed by atoms with E-state index < -0.39 is 17.2 Å². The van der Waals surface area contributed by atoms with Gasteiger partial charge in [0.15, 0.2) is 0 Å². The van der Waals surface area contributed by atoms with Crippen molar-refractivity contribution in [2.24, 2.45) is 5.92 Å². The fourth-order valence-electron chi connectivity index (χ4n) is 2.21. The molecule has 17 heavy (non-hydrogen) atoms. The van der Waals surface area contributed by atoms with Gasteiger partial charge in [-0.3, -0.25) is 0 Å². The molecule has 1 amide bonds. The Morgan fingerprint density at radius 2 is 1.76 bits per heavy atom. The summed E-state index contributed by atoms with van der Waals surface area (Å²) in [5.41, 5.74) is -1.61. The molecular weight excluding hydrogens is 222 g/mol. The molecule has 0 bridgehead atoms. The number of aliphatic hydroxyl groups is 2. The standard InChI is InChI=1S/C12H25NO4/c1-5-12(17,6-2)9(8-14)7-11(3,4)13-10(15)16/h9,13-14,17H,5-8H2,1-4H3,(H,15,16)/t9-/m1/s1. The Balaban J connectivity index is 4.74. The molecule has 102 valence electrons. The number of rotatable bonds is 7. The predicted molar refractivity (Wildman–Crippen MR) is 66.0 cm³/mol.